The molecule has 0 aliphatic carbocycles. The lowest BCUT2D eigenvalue weighted by molar-refractivity contribution is 0.0638. The normalized spacial score (nSPS) is 13.1. The van der Waals surface area contributed by atoms with Gasteiger partial charge >= 0.3 is 0 Å². The van der Waals surface area contributed by atoms with E-state index in [9.17, 15) is 14.4 Å². The summed E-state index contributed by atoms with van der Waals surface area (Å²) in [5.41, 5.74) is 2.20. The van der Waals surface area contributed by atoms with Crippen molar-refractivity contribution in [3.8, 4) is 0 Å². The molecule has 3 rings (SSSR count). The molecule has 0 fully saturated rings. The minimum Gasteiger partial charge on any atom is -0.385 e. The minimum atomic E-state index is -0.389. The van der Waals surface area contributed by atoms with Gasteiger partial charge in [0, 0.05) is 36.5 Å². The van der Waals surface area contributed by atoms with Gasteiger partial charge in [0.15, 0.2) is 0 Å². The second-order valence-electron chi connectivity index (χ2n) is 6.24. The third-order valence-corrected chi connectivity index (χ3v) is 4.89. The molecule has 7 heteroatoms. The maximum atomic E-state index is 12.6. The van der Waals surface area contributed by atoms with Crippen LogP contribution in [0, 0.1) is 6.92 Å². The molecular formula is C20H19ClN2O4. The third-order valence-electron chi connectivity index (χ3n) is 4.48. The monoisotopic (exact) mass is 386 g/mol. The summed E-state index contributed by atoms with van der Waals surface area (Å²) in [5.74, 6) is -1.11. The summed E-state index contributed by atoms with van der Waals surface area (Å²) in [4.78, 5) is 38.7. The highest BCUT2D eigenvalue weighted by Gasteiger charge is 2.35. The van der Waals surface area contributed by atoms with Crippen LogP contribution >= 0.6 is 11.6 Å². The molecular weight excluding hydrogens is 368 g/mol. The van der Waals surface area contributed by atoms with Crippen LogP contribution in [0.3, 0.4) is 0 Å². The lowest BCUT2D eigenvalue weighted by atomic mass is 10.0. The molecule has 6 nitrogen and oxygen atoms in total. The van der Waals surface area contributed by atoms with E-state index < -0.39 is 0 Å². The average Bonchev–Trinajstić information content (AvgIpc) is 2.90. The highest BCUT2D eigenvalue weighted by Crippen LogP contribution is 2.26. The zero-order chi connectivity index (χ0) is 19.6. The van der Waals surface area contributed by atoms with Crippen LogP contribution in [0.4, 0.5) is 5.69 Å². The first-order valence-electron chi connectivity index (χ1n) is 8.49. The number of ether oxygens (including phenoxy) is 1. The van der Waals surface area contributed by atoms with Gasteiger partial charge in [-0.2, -0.15) is 0 Å². The number of halogens is 1. The van der Waals surface area contributed by atoms with Crippen LogP contribution in [0.5, 0.6) is 0 Å². The van der Waals surface area contributed by atoms with Crippen molar-refractivity contribution >= 4 is 35.0 Å². The number of imide groups is 1. The van der Waals surface area contributed by atoms with Gasteiger partial charge in [0.1, 0.15) is 0 Å². The van der Waals surface area contributed by atoms with Crippen molar-refractivity contribution in [2.45, 2.75) is 13.3 Å². The number of nitrogens with one attached hydrogen (secondary N) is 1. The smallest absolute Gasteiger partial charge is 0.261 e. The van der Waals surface area contributed by atoms with E-state index >= 15 is 0 Å². The van der Waals surface area contributed by atoms with Crippen LogP contribution in [0.1, 0.15) is 43.1 Å². The molecule has 140 valence electrons. The van der Waals surface area contributed by atoms with Crippen molar-refractivity contribution in [2.24, 2.45) is 0 Å². The maximum Gasteiger partial charge on any atom is 0.261 e. The zero-order valence-corrected chi connectivity index (χ0v) is 15.8. The molecule has 1 N–H and O–H groups in total. The summed E-state index contributed by atoms with van der Waals surface area (Å²) in [7, 11) is 1.56. The van der Waals surface area contributed by atoms with Crippen molar-refractivity contribution in [1.29, 1.82) is 0 Å². The van der Waals surface area contributed by atoms with Gasteiger partial charge < -0.3 is 10.1 Å². The number of carbonyl (C=O) groups is 3. The highest BCUT2D eigenvalue weighted by molar-refractivity contribution is 6.31. The molecule has 0 bridgehead atoms. The van der Waals surface area contributed by atoms with Crippen LogP contribution in [-0.2, 0) is 4.74 Å². The molecule has 27 heavy (non-hydrogen) atoms. The van der Waals surface area contributed by atoms with E-state index in [1.165, 1.54) is 23.1 Å². The summed E-state index contributed by atoms with van der Waals surface area (Å²) >= 11 is 6.08. The molecule has 1 aliphatic heterocycles. The van der Waals surface area contributed by atoms with E-state index in [-0.39, 0.29) is 29.8 Å². The molecule has 0 radical (unpaired) electrons. The lowest BCUT2D eigenvalue weighted by Gasteiger charge is -2.12. The van der Waals surface area contributed by atoms with Crippen LogP contribution in [0.2, 0.25) is 5.02 Å². The first-order chi connectivity index (χ1) is 12.9. The van der Waals surface area contributed by atoms with Gasteiger partial charge in [0.05, 0.1) is 11.1 Å². The van der Waals surface area contributed by atoms with Gasteiger partial charge in [0.2, 0.25) is 0 Å². The lowest BCUT2D eigenvalue weighted by Crippen LogP contribution is -2.31. The Kier molecular flexibility index (Phi) is 5.58. The summed E-state index contributed by atoms with van der Waals surface area (Å²) in [6, 6.07) is 9.75. The predicted molar refractivity (Wildman–Crippen MR) is 102 cm³/mol. The van der Waals surface area contributed by atoms with Gasteiger partial charge in [0.25, 0.3) is 17.7 Å². The highest BCUT2D eigenvalue weighted by atomic mass is 35.5. The molecule has 0 atom stereocenters. The van der Waals surface area contributed by atoms with Crippen molar-refractivity contribution in [2.75, 3.05) is 25.6 Å². The Morgan fingerprint density at radius 1 is 1.15 bits per heavy atom. The number of hydrogen-bond acceptors (Lipinski definition) is 4. The molecule has 0 spiro atoms. The van der Waals surface area contributed by atoms with Crippen molar-refractivity contribution in [3.05, 3.63) is 63.7 Å². The van der Waals surface area contributed by atoms with Gasteiger partial charge in [-0.15, -0.1) is 0 Å². The summed E-state index contributed by atoms with van der Waals surface area (Å²) in [6.45, 7) is 2.55. The Morgan fingerprint density at radius 2 is 1.89 bits per heavy atom. The summed E-state index contributed by atoms with van der Waals surface area (Å²) in [6.07, 6.45) is 0.559. The fourth-order valence-electron chi connectivity index (χ4n) is 2.94. The Labute approximate surface area is 162 Å². The average molecular weight is 387 g/mol. The Hall–Kier alpha value is -2.70. The summed E-state index contributed by atoms with van der Waals surface area (Å²) < 4.78 is 4.96. The predicted octanol–water partition coefficient (Wildman–Crippen LogP) is 3.53. The molecule has 0 saturated heterocycles. The molecule has 2 aromatic carbocycles. The second-order valence-corrected chi connectivity index (χ2v) is 6.64. The molecule has 0 unspecified atom stereocenters. The number of nitrogens with zero attached hydrogens (tertiary/aromatic N) is 1. The van der Waals surface area contributed by atoms with E-state index in [0.29, 0.717) is 34.9 Å². The first-order valence-corrected chi connectivity index (χ1v) is 8.87. The van der Waals surface area contributed by atoms with E-state index in [4.69, 9.17) is 16.3 Å². The second kappa shape index (κ2) is 7.90. The zero-order valence-electron chi connectivity index (χ0n) is 15.0. The fourth-order valence-corrected chi connectivity index (χ4v) is 3.11. The first kappa shape index (κ1) is 19.1. The number of amides is 3. The Morgan fingerprint density at radius 3 is 2.63 bits per heavy atom. The molecule has 0 aromatic heterocycles. The molecule has 0 saturated carbocycles. The van der Waals surface area contributed by atoms with Gasteiger partial charge in [-0.3, -0.25) is 19.3 Å². The standard InChI is InChI=1S/C20H19ClN2O4/c1-12-16(21)5-3-6-17(12)22-18(24)13-7-8-14-15(11-13)20(26)23(19(14)25)9-4-10-27-2/h3,5-8,11H,4,9-10H2,1-2H3,(H,22,24). The van der Waals surface area contributed by atoms with Gasteiger partial charge in [-0.1, -0.05) is 17.7 Å². The van der Waals surface area contributed by atoms with Crippen LogP contribution < -0.4 is 5.32 Å². The van der Waals surface area contributed by atoms with Crippen LogP contribution in [0.25, 0.3) is 0 Å². The topological polar surface area (TPSA) is 75.7 Å². The molecule has 1 heterocycles. The largest absolute Gasteiger partial charge is 0.385 e. The van der Waals surface area contributed by atoms with E-state index in [0.717, 1.165) is 5.56 Å². The SMILES string of the molecule is COCCCN1C(=O)c2ccc(C(=O)Nc3cccc(Cl)c3C)cc2C1=O. The van der Waals surface area contributed by atoms with Gasteiger partial charge in [-0.05, 0) is 49.2 Å². The minimum absolute atomic E-state index is 0.243. The Balaban J connectivity index is 1.81. The number of carbonyl (C=O) groups excluding carboxylic acids is 3. The van der Waals surface area contributed by atoms with Crippen LogP contribution in [0.15, 0.2) is 36.4 Å². The number of benzene rings is 2. The maximum absolute atomic E-state index is 12.6. The van der Waals surface area contributed by atoms with Crippen LogP contribution in [-0.4, -0.2) is 42.9 Å². The Bertz CT molecular complexity index is 926. The van der Waals surface area contributed by atoms with Crippen molar-refractivity contribution < 1.29 is 19.1 Å². The fraction of sp³-hybridized carbons (Fsp3) is 0.250. The van der Waals surface area contributed by atoms with E-state index in [1.807, 2.05) is 0 Å². The number of hydrogen-bond donors (Lipinski definition) is 1. The van der Waals surface area contributed by atoms with Crippen molar-refractivity contribution in [3.63, 3.8) is 0 Å². The summed E-state index contributed by atoms with van der Waals surface area (Å²) in [5, 5.41) is 3.34. The number of rotatable bonds is 6. The number of fused-ring (bicyclic) bond motifs is 1. The van der Waals surface area contributed by atoms with E-state index in [2.05, 4.69) is 5.32 Å². The quantitative estimate of drug-likeness (QED) is 0.608. The van der Waals surface area contributed by atoms with E-state index in [1.54, 1.807) is 32.2 Å². The molecule has 3 amide bonds. The van der Waals surface area contributed by atoms with Crippen molar-refractivity contribution in [1.82, 2.24) is 4.90 Å². The molecule has 1 aliphatic rings. The van der Waals surface area contributed by atoms with Gasteiger partial charge in [-0.25, -0.2) is 0 Å². The number of anilines is 1. The third kappa shape index (κ3) is 3.72. The number of methoxy groups -OCH3 is 1. The molecule has 2 aromatic rings.